The summed E-state index contributed by atoms with van der Waals surface area (Å²) < 4.78 is 7.26. The van der Waals surface area contributed by atoms with Gasteiger partial charge < -0.3 is 10.5 Å². The van der Waals surface area contributed by atoms with Crippen LogP contribution in [0.2, 0.25) is 0 Å². The summed E-state index contributed by atoms with van der Waals surface area (Å²) in [6, 6.07) is 5.83. The third-order valence-corrected chi connectivity index (χ3v) is 3.22. The Hall–Kier alpha value is -0.870. The predicted molar refractivity (Wildman–Crippen MR) is 60.0 cm³/mol. The van der Waals surface area contributed by atoms with E-state index in [1.807, 2.05) is 18.2 Å². The van der Waals surface area contributed by atoms with E-state index in [2.05, 4.69) is 12.6 Å². The minimum absolute atomic E-state index is 0.671. The van der Waals surface area contributed by atoms with E-state index in [1.54, 1.807) is 18.4 Å². The first-order valence-electron chi connectivity index (χ1n) is 3.77. The first kappa shape index (κ1) is 8.72. The number of methoxy groups -OCH3 is 1. The Morgan fingerprint density at radius 1 is 1.46 bits per heavy atom. The van der Waals surface area contributed by atoms with E-state index in [-0.39, 0.29) is 0 Å². The number of hydrogen-bond donors (Lipinski definition) is 2. The summed E-state index contributed by atoms with van der Waals surface area (Å²) in [4.78, 5) is 0. The maximum atomic E-state index is 5.76. The molecule has 68 valence electrons. The van der Waals surface area contributed by atoms with Crippen LogP contribution in [0.3, 0.4) is 0 Å². The summed E-state index contributed by atoms with van der Waals surface area (Å²) in [6.45, 7) is 0. The molecule has 0 bridgehead atoms. The van der Waals surface area contributed by atoms with Crippen molar-refractivity contribution < 1.29 is 4.74 Å². The molecule has 4 heteroatoms. The van der Waals surface area contributed by atoms with E-state index >= 15 is 0 Å². The van der Waals surface area contributed by atoms with Crippen molar-refractivity contribution in [2.45, 2.75) is 4.21 Å². The third kappa shape index (κ3) is 1.36. The lowest BCUT2D eigenvalue weighted by Gasteiger charge is -2.04. The van der Waals surface area contributed by atoms with Gasteiger partial charge in [0.05, 0.1) is 21.7 Å². The number of nitrogens with two attached hydrogens (primary N) is 1. The molecule has 0 aliphatic rings. The van der Waals surface area contributed by atoms with Crippen molar-refractivity contribution in [2.24, 2.45) is 0 Å². The number of thiophene rings is 1. The largest absolute Gasteiger partial charge is 0.493 e. The molecular formula is C9H9NOS2. The van der Waals surface area contributed by atoms with Crippen molar-refractivity contribution in [1.29, 1.82) is 0 Å². The highest BCUT2D eigenvalue weighted by Gasteiger charge is 2.07. The highest BCUT2D eigenvalue weighted by atomic mass is 32.2. The van der Waals surface area contributed by atoms with Crippen LogP contribution in [0, 0.1) is 0 Å². The number of fused-ring (bicyclic) bond motifs is 1. The van der Waals surface area contributed by atoms with Gasteiger partial charge in [-0.2, -0.15) is 0 Å². The molecule has 0 saturated carbocycles. The molecule has 2 nitrogen and oxygen atoms in total. The minimum atomic E-state index is 0.671. The molecule has 1 aromatic heterocycles. The fourth-order valence-electron chi connectivity index (χ4n) is 1.29. The van der Waals surface area contributed by atoms with Crippen molar-refractivity contribution >= 4 is 39.7 Å². The lowest BCUT2D eigenvalue weighted by atomic mass is 10.2. The number of anilines is 1. The number of hydrogen-bond acceptors (Lipinski definition) is 4. The highest BCUT2D eigenvalue weighted by Crippen LogP contribution is 2.38. The van der Waals surface area contributed by atoms with Gasteiger partial charge in [0.1, 0.15) is 0 Å². The van der Waals surface area contributed by atoms with Gasteiger partial charge in [-0.05, 0) is 17.5 Å². The number of nitrogen functional groups attached to an aromatic ring is 1. The quantitative estimate of drug-likeness (QED) is 0.562. The van der Waals surface area contributed by atoms with Gasteiger partial charge in [-0.15, -0.1) is 24.0 Å². The molecule has 0 aliphatic heterocycles. The molecule has 0 radical (unpaired) electrons. The Labute approximate surface area is 85.7 Å². The molecule has 2 rings (SSSR count). The van der Waals surface area contributed by atoms with Crippen LogP contribution >= 0.6 is 24.0 Å². The summed E-state index contributed by atoms with van der Waals surface area (Å²) in [6.07, 6.45) is 0. The first-order valence-corrected chi connectivity index (χ1v) is 5.03. The molecule has 0 unspecified atom stereocenters. The Morgan fingerprint density at radius 2 is 2.23 bits per heavy atom. The van der Waals surface area contributed by atoms with E-state index in [1.165, 1.54) is 0 Å². The van der Waals surface area contributed by atoms with Crippen LogP contribution in [0.15, 0.2) is 22.4 Å². The number of thiol groups is 1. The Morgan fingerprint density at radius 3 is 2.92 bits per heavy atom. The van der Waals surface area contributed by atoms with Gasteiger partial charge in [-0.1, -0.05) is 6.07 Å². The zero-order valence-corrected chi connectivity index (χ0v) is 8.78. The second-order valence-corrected chi connectivity index (χ2v) is 4.53. The van der Waals surface area contributed by atoms with Crippen molar-refractivity contribution in [1.82, 2.24) is 0 Å². The summed E-state index contributed by atoms with van der Waals surface area (Å²) in [5.74, 6) is 0.753. The van der Waals surface area contributed by atoms with E-state index in [0.29, 0.717) is 5.69 Å². The average molecular weight is 211 g/mol. The Bertz CT molecular complexity index is 450. The van der Waals surface area contributed by atoms with Gasteiger partial charge in [0.15, 0.2) is 5.75 Å². The average Bonchev–Trinajstić information content (AvgIpc) is 2.45. The monoisotopic (exact) mass is 211 g/mol. The number of rotatable bonds is 1. The van der Waals surface area contributed by atoms with E-state index in [9.17, 15) is 0 Å². The normalized spacial score (nSPS) is 10.6. The van der Waals surface area contributed by atoms with Gasteiger partial charge in [0.25, 0.3) is 0 Å². The van der Waals surface area contributed by atoms with Crippen LogP contribution in [0.25, 0.3) is 10.1 Å². The number of benzene rings is 1. The van der Waals surface area contributed by atoms with Gasteiger partial charge in [-0.3, -0.25) is 0 Å². The molecule has 1 aromatic carbocycles. The highest BCUT2D eigenvalue weighted by molar-refractivity contribution is 7.83. The molecule has 13 heavy (non-hydrogen) atoms. The van der Waals surface area contributed by atoms with Crippen LogP contribution in [0.5, 0.6) is 5.75 Å². The molecule has 2 aromatic rings. The zero-order chi connectivity index (χ0) is 9.42. The number of ether oxygens (including phenoxy) is 1. The Kier molecular flexibility index (Phi) is 2.09. The Balaban J connectivity index is 2.82. The SMILES string of the molecule is COc1c(N)ccc2cc(S)sc12. The molecule has 0 saturated heterocycles. The summed E-state index contributed by atoms with van der Waals surface area (Å²) in [7, 11) is 1.63. The molecule has 0 aliphatic carbocycles. The fraction of sp³-hybridized carbons (Fsp3) is 0.111. The topological polar surface area (TPSA) is 35.2 Å². The third-order valence-electron chi connectivity index (χ3n) is 1.86. The maximum Gasteiger partial charge on any atom is 0.159 e. The van der Waals surface area contributed by atoms with Crippen LogP contribution in [0.4, 0.5) is 5.69 Å². The standard InChI is InChI=1S/C9H9NOS2/c1-11-8-6(10)3-2-5-4-7(12)13-9(5)8/h2-4,12H,10H2,1H3. The summed E-state index contributed by atoms with van der Waals surface area (Å²) in [5.41, 5.74) is 6.43. The van der Waals surface area contributed by atoms with Crippen molar-refractivity contribution in [3.63, 3.8) is 0 Å². The van der Waals surface area contributed by atoms with Gasteiger partial charge >= 0.3 is 0 Å². The van der Waals surface area contributed by atoms with E-state index in [0.717, 1.165) is 20.0 Å². The van der Waals surface area contributed by atoms with Gasteiger partial charge in [0, 0.05) is 0 Å². The predicted octanol–water partition coefficient (Wildman–Crippen LogP) is 2.78. The van der Waals surface area contributed by atoms with Crippen molar-refractivity contribution in [3.05, 3.63) is 18.2 Å². The lowest BCUT2D eigenvalue weighted by Crippen LogP contribution is -1.91. The van der Waals surface area contributed by atoms with E-state index < -0.39 is 0 Å². The molecular weight excluding hydrogens is 202 g/mol. The van der Waals surface area contributed by atoms with Crippen LogP contribution in [0.1, 0.15) is 0 Å². The molecule has 2 N–H and O–H groups in total. The summed E-state index contributed by atoms with van der Waals surface area (Å²) >= 11 is 5.86. The zero-order valence-electron chi connectivity index (χ0n) is 7.07. The second-order valence-electron chi connectivity index (χ2n) is 2.69. The van der Waals surface area contributed by atoms with Crippen LogP contribution in [-0.4, -0.2) is 7.11 Å². The summed E-state index contributed by atoms with van der Waals surface area (Å²) in [5, 5.41) is 1.13. The van der Waals surface area contributed by atoms with Crippen LogP contribution < -0.4 is 10.5 Å². The van der Waals surface area contributed by atoms with Crippen molar-refractivity contribution in [2.75, 3.05) is 12.8 Å². The van der Waals surface area contributed by atoms with Gasteiger partial charge in [-0.25, -0.2) is 0 Å². The molecule has 0 amide bonds. The van der Waals surface area contributed by atoms with Gasteiger partial charge in [0.2, 0.25) is 0 Å². The van der Waals surface area contributed by atoms with Crippen LogP contribution in [-0.2, 0) is 0 Å². The molecule has 1 heterocycles. The molecule has 0 fully saturated rings. The van der Waals surface area contributed by atoms with Crippen molar-refractivity contribution in [3.8, 4) is 5.75 Å². The lowest BCUT2D eigenvalue weighted by molar-refractivity contribution is 0.422. The first-order chi connectivity index (χ1) is 6.22. The molecule has 0 spiro atoms. The minimum Gasteiger partial charge on any atom is -0.493 e. The smallest absolute Gasteiger partial charge is 0.159 e. The van der Waals surface area contributed by atoms with E-state index in [4.69, 9.17) is 10.5 Å². The molecule has 0 atom stereocenters. The maximum absolute atomic E-state index is 5.76. The second kappa shape index (κ2) is 3.12. The fourth-order valence-corrected chi connectivity index (χ4v) is 2.64.